The first kappa shape index (κ1) is 11.3. The summed E-state index contributed by atoms with van der Waals surface area (Å²) in [6.07, 6.45) is 9.26. The number of ether oxygens (including phenoxy) is 1. The molecule has 0 unspecified atom stereocenters. The molecule has 1 aromatic rings. The molecule has 1 N–H and O–H groups in total. The molecule has 1 aliphatic heterocycles. The molecule has 0 bridgehead atoms. The van der Waals surface area contributed by atoms with E-state index in [1.54, 1.807) is 12.3 Å². The minimum Gasteiger partial charge on any atom is -0.490 e. The molecule has 1 fully saturated rings. The summed E-state index contributed by atoms with van der Waals surface area (Å²) in [6.45, 7) is 1.72. The Morgan fingerprint density at radius 2 is 2.56 bits per heavy atom. The average molecular weight is 237 g/mol. The van der Waals surface area contributed by atoms with Crippen LogP contribution in [0.1, 0.15) is 18.4 Å². The van der Waals surface area contributed by atoms with Gasteiger partial charge in [0.15, 0.2) is 0 Å². The summed E-state index contributed by atoms with van der Waals surface area (Å²) >= 11 is 5.80. The van der Waals surface area contributed by atoms with Crippen molar-refractivity contribution in [2.75, 3.05) is 13.2 Å². The van der Waals surface area contributed by atoms with Gasteiger partial charge < -0.3 is 10.1 Å². The van der Waals surface area contributed by atoms with Gasteiger partial charge in [0.1, 0.15) is 17.5 Å². The van der Waals surface area contributed by atoms with Crippen molar-refractivity contribution in [1.82, 2.24) is 10.3 Å². The molecule has 1 atom stereocenters. The van der Waals surface area contributed by atoms with Gasteiger partial charge in [-0.25, -0.2) is 4.98 Å². The summed E-state index contributed by atoms with van der Waals surface area (Å²) in [5.74, 6) is 3.15. The maximum Gasteiger partial charge on any atom is 0.144 e. The van der Waals surface area contributed by atoms with Crippen LogP contribution in [0.15, 0.2) is 12.3 Å². The molecule has 0 amide bonds. The van der Waals surface area contributed by atoms with Crippen molar-refractivity contribution in [3.05, 3.63) is 23.0 Å². The Morgan fingerprint density at radius 1 is 1.69 bits per heavy atom. The lowest BCUT2D eigenvalue weighted by Gasteiger charge is -2.12. The molecule has 84 valence electrons. The number of terminal acetylenes is 1. The van der Waals surface area contributed by atoms with Crippen LogP contribution in [-0.4, -0.2) is 24.2 Å². The van der Waals surface area contributed by atoms with Crippen LogP contribution >= 0.6 is 11.6 Å². The maximum atomic E-state index is 5.80. The van der Waals surface area contributed by atoms with Gasteiger partial charge in [0.05, 0.1) is 11.8 Å². The Labute approximate surface area is 100 Å². The lowest BCUT2D eigenvalue weighted by molar-refractivity contribution is 0.276. The third kappa shape index (κ3) is 2.66. The third-order valence-corrected chi connectivity index (χ3v) is 2.88. The number of nitrogens with one attached hydrogen (secondary N) is 1. The first-order valence-electron chi connectivity index (χ1n) is 5.28. The van der Waals surface area contributed by atoms with E-state index in [1.807, 2.05) is 0 Å². The van der Waals surface area contributed by atoms with Crippen LogP contribution in [0.2, 0.25) is 5.15 Å². The van der Waals surface area contributed by atoms with E-state index in [0.717, 1.165) is 13.0 Å². The lowest BCUT2D eigenvalue weighted by atomic mass is 10.2. The smallest absolute Gasteiger partial charge is 0.144 e. The molecular weight excluding hydrogens is 224 g/mol. The summed E-state index contributed by atoms with van der Waals surface area (Å²) in [7, 11) is 0. The molecule has 0 radical (unpaired) electrons. The van der Waals surface area contributed by atoms with Crippen molar-refractivity contribution in [3.63, 3.8) is 0 Å². The van der Waals surface area contributed by atoms with Gasteiger partial charge in [-0.1, -0.05) is 17.5 Å². The molecule has 0 spiro atoms. The quantitative estimate of drug-likeness (QED) is 0.643. The third-order valence-electron chi connectivity index (χ3n) is 2.58. The van der Waals surface area contributed by atoms with Crippen molar-refractivity contribution in [3.8, 4) is 18.1 Å². The Kier molecular flexibility index (Phi) is 3.66. The van der Waals surface area contributed by atoms with E-state index in [-0.39, 0.29) is 0 Å². The monoisotopic (exact) mass is 236 g/mol. The molecule has 16 heavy (non-hydrogen) atoms. The Balaban J connectivity index is 1.96. The number of aromatic nitrogens is 1. The van der Waals surface area contributed by atoms with Crippen LogP contribution in [-0.2, 0) is 0 Å². The first-order valence-corrected chi connectivity index (χ1v) is 5.65. The zero-order valence-corrected chi connectivity index (χ0v) is 9.63. The van der Waals surface area contributed by atoms with Crippen LogP contribution in [0, 0.1) is 12.3 Å². The Morgan fingerprint density at radius 3 is 3.25 bits per heavy atom. The molecule has 2 rings (SSSR count). The topological polar surface area (TPSA) is 34.1 Å². The minimum atomic E-state index is 0.342. The van der Waals surface area contributed by atoms with Crippen molar-refractivity contribution >= 4 is 11.6 Å². The number of hydrogen-bond donors (Lipinski definition) is 1. The standard InChI is InChI=1S/C12H13ClN2O/c1-2-9-6-11(7-15-12(9)13)16-8-10-4-3-5-14-10/h1,6-7,10,14H,3-5,8H2/t10-/m0/s1. The molecule has 0 saturated carbocycles. The molecule has 1 aliphatic rings. The van der Waals surface area contributed by atoms with E-state index in [0.29, 0.717) is 29.1 Å². The second kappa shape index (κ2) is 5.20. The van der Waals surface area contributed by atoms with Crippen LogP contribution in [0.5, 0.6) is 5.75 Å². The van der Waals surface area contributed by atoms with E-state index >= 15 is 0 Å². The van der Waals surface area contributed by atoms with Gasteiger partial charge >= 0.3 is 0 Å². The highest BCUT2D eigenvalue weighted by molar-refractivity contribution is 6.30. The molecule has 1 aromatic heterocycles. The largest absolute Gasteiger partial charge is 0.490 e. The molecule has 0 aromatic carbocycles. The van der Waals surface area contributed by atoms with E-state index in [2.05, 4.69) is 16.2 Å². The predicted molar refractivity (Wildman–Crippen MR) is 63.7 cm³/mol. The lowest BCUT2D eigenvalue weighted by Crippen LogP contribution is -2.28. The summed E-state index contributed by atoms with van der Waals surface area (Å²) in [4.78, 5) is 3.97. The van der Waals surface area contributed by atoms with Gasteiger partial charge in [0.25, 0.3) is 0 Å². The highest BCUT2D eigenvalue weighted by Gasteiger charge is 2.14. The van der Waals surface area contributed by atoms with Crippen molar-refractivity contribution < 1.29 is 4.74 Å². The highest BCUT2D eigenvalue weighted by Crippen LogP contribution is 2.18. The van der Waals surface area contributed by atoms with E-state index in [4.69, 9.17) is 22.8 Å². The fraction of sp³-hybridized carbons (Fsp3) is 0.417. The van der Waals surface area contributed by atoms with Crippen molar-refractivity contribution in [2.24, 2.45) is 0 Å². The number of rotatable bonds is 3. The van der Waals surface area contributed by atoms with Gasteiger partial charge in [0, 0.05) is 12.1 Å². The summed E-state index contributed by atoms with van der Waals surface area (Å²) in [5.41, 5.74) is 0.568. The summed E-state index contributed by atoms with van der Waals surface area (Å²) in [5, 5.41) is 3.70. The second-order valence-corrected chi connectivity index (χ2v) is 4.12. The number of hydrogen-bond acceptors (Lipinski definition) is 3. The van der Waals surface area contributed by atoms with Crippen molar-refractivity contribution in [1.29, 1.82) is 0 Å². The maximum absolute atomic E-state index is 5.80. The Bertz CT molecular complexity index is 408. The fourth-order valence-corrected chi connectivity index (χ4v) is 1.86. The van der Waals surface area contributed by atoms with Gasteiger partial charge in [-0.3, -0.25) is 0 Å². The van der Waals surface area contributed by atoms with E-state index < -0.39 is 0 Å². The van der Waals surface area contributed by atoms with Gasteiger partial charge in [-0.2, -0.15) is 0 Å². The number of nitrogens with zero attached hydrogens (tertiary/aromatic N) is 1. The molecule has 4 heteroatoms. The normalized spacial score (nSPS) is 19.4. The Hall–Kier alpha value is -1.24. The van der Waals surface area contributed by atoms with Crippen LogP contribution < -0.4 is 10.1 Å². The van der Waals surface area contributed by atoms with Gasteiger partial charge in [0.2, 0.25) is 0 Å². The van der Waals surface area contributed by atoms with Crippen LogP contribution in [0.25, 0.3) is 0 Å². The van der Waals surface area contributed by atoms with E-state index in [9.17, 15) is 0 Å². The molecule has 2 heterocycles. The van der Waals surface area contributed by atoms with Crippen LogP contribution in [0.3, 0.4) is 0 Å². The molecular formula is C12H13ClN2O. The van der Waals surface area contributed by atoms with E-state index in [1.165, 1.54) is 6.42 Å². The predicted octanol–water partition coefficient (Wildman–Crippen LogP) is 1.85. The van der Waals surface area contributed by atoms with Crippen LogP contribution in [0.4, 0.5) is 0 Å². The summed E-state index contributed by atoms with van der Waals surface area (Å²) in [6, 6.07) is 2.18. The highest BCUT2D eigenvalue weighted by atomic mass is 35.5. The first-order chi connectivity index (χ1) is 7.79. The fourth-order valence-electron chi connectivity index (χ4n) is 1.70. The SMILES string of the molecule is C#Cc1cc(OC[C@@H]2CCCN2)cnc1Cl. The minimum absolute atomic E-state index is 0.342. The van der Waals surface area contributed by atoms with Gasteiger partial charge in [-0.05, 0) is 19.4 Å². The number of pyridine rings is 1. The molecule has 0 aliphatic carbocycles. The molecule has 1 saturated heterocycles. The zero-order valence-electron chi connectivity index (χ0n) is 8.87. The van der Waals surface area contributed by atoms with Gasteiger partial charge in [-0.15, -0.1) is 6.42 Å². The summed E-state index contributed by atoms with van der Waals surface area (Å²) < 4.78 is 5.61. The number of halogens is 1. The average Bonchev–Trinajstić information content (AvgIpc) is 2.81. The zero-order chi connectivity index (χ0) is 11.4. The second-order valence-electron chi connectivity index (χ2n) is 3.76. The molecule has 3 nitrogen and oxygen atoms in total. The van der Waals surface area contributed by atoms with Crippen molar-refractivity contribution in [2.45, 2.75) is 18.9 Å².